The van der Waals surface area contributed by atoms with Gasteiger partial charge >= 0.3 is 0 Å². The lowest BCUT2D eigenvalue weighted by atomic mass is 9.43. The van der Waals surface area contributed by atoms with Crippen LogP contribution in [-0.4, -0.2) is 29.2 Å². The van der Waals surface area contributed by atoms with Gasteiger partial charge in [0, 0.05) is 0 Å². The predicted octanol–water partition coefficient (Wildman–Crippen LogP) is 5.40. The summed E-state index contributed by atoms with van der Waals surface area (Å²) >= 11 is 0. The maximum absolute atomic E-state index is 10.5. The number of aliphatic hydroxyl groups excluding tert-OH is 1. The molecule has 3 nitrogen and oxygen atoms in total. The minimum Gasteiger partial charge on any atom is -0.393 e. The van der Waals surface area contributed by atoms with Crippen LogP contribution in [0.15, 0.2) is 0 Å². The Kier molecular flexibility index (Phi) is 4.39. The zero-order valence-electron chi connectivity index (χ0n) is 18.9. The summed E-state index contributed by atoms with van der Waals surface area (Å²) < 4.78 is 13.4. The number of ether oxygens (including phenoxy) is 2. The topological polar surface area (TPSA) is 38.7 Å². The van der Waals surface area contributed by atoms with E-state index in [0.29, 0.717) is 29.1 Å². The number of hydrogen-bond acceptors (Lipinski definition) is 3. The molecule has 1 saturated heterocycles. The molecule has 160 valence electrons. The van der Waals surface area contributed by atoms with Crippen molar-refractivity contribution in [3.8, 4) is 0 Å². The molecule has 3 heteroatoms. The van der Waals surface area contributed by atoms with Crippen LogP contribution in [0.3, 0.4) is 0 Å². The van der Waals surface area contributed by atoms with E-state index in [1.54, 1.807) is 0 Å². The largest absolute Gasteiger partial charge is 0.393 e. The molecular formula is C25H42O3. The fraction of sp³-hybridized carbons (Fsp3) is 1.00. The average molecular weight is 391 g/mol. The summed E-state index contributed by atoms with van der Waals surface area (Å²) in [5, 5.41) is 10.5. The van der Waals surface area contributed by atoms with E-state index in [1.165, 1.54) is 44.9 Å². The molecule has 1 unspecified atom stereocenters. The molecule has 11 atom stereocenters. The standard InChI is InChI=1S/C25H42O3/c1-14-9-11-25(6)18-10-12-24(5)16(15(2)26)7-8-17(24)20(18)22-21(19(25)13-14)27-23(3,4)28-22/h14-22,26H,7-13H2,1-6H3/t14-,15?,16+,17-,18-,19+,20-,21+,22+,24+,25+/m0/s1. The van der Waals surface area contributed by atoms with Crippen LogP contribution in [0.1, 0.15) is 86.5 Å². The zero-order chi connectivity index (χ0) is 20.1. The highest BCUT2D eigenvalue weighted by atomic mass is 16.8. The van der Waals surface area contributed by atoms with Gasteiger partial charge in [-0.25, -0.2) is 0 Å². The van der Waals surface area contributed by atoms with Crippen molar-refractivity contribution in [3.63, 3.8) is 0 Å². The molecule has 0 radical (unpaired) electrons. The van der Waals surface area contributed by atoms with Gasteiger partial charge < -0.3 is 14.6 Å². The fourth-order valence-corrected chi connectivity index (χ4v) is 9.21. The van der Waals surface area contributed by atoms with Gasteiger partial charge in [0.15, 0.2) is 5.79 Å². The van der Waals surface area contributed by atoms with Crippen molar-refractivity contribution in [2.24, 2.45) is 46.3 Å². The fourth-order valence-electron chi connectivity index (χ4n) is 9.21. The van der Waals surface area contributed by atoms with E-state index in [1.807, 2.05) is 6.92 Å². The molecule has 0 aromatic carbocycles. The van der Waals surface area contributed by atoms with Crippen LogP contribution < -0.4 is 0 Å². The van der Waals surface area contributed by atoms with Crippen molar-refractivity contribution in [2.75, 3.05) is 0 Å². The maximum Gasteiger partial charge on any atom is 0.163 e. The molecular weight excluding hydrogens is 348 g/mol. The molecule has 1 heterocycles. The van der Waals surface area contributed by atoms with Crippen molar-refractivity contribution < 1.29 is 14.6 Å². The summed E-state index contributed by atoms with van der Waals surface area (Å²) in [7, 11) is 0. The van der Waals surface area contributed by atoms with Gasteiger partial charge in [-0.2, -0.15) is 0 Å². The van der Waals surface area contributed by atoms with Gasteiger partial charge in [-0.1, -0.05) is 27.2 Å². The molecule has 5 aliphatic rings. The Hall–Kier alpha value is -0.120. The lowest BCUT2D eigenvalue weighted by molar-refractivity contribution is -0.186. The van der Waals surface area contributed by atoms with Gasteiger partial charge in [0.05, 0.1) is 18.3 Å². The van der Waals surface area contributed by atoms with Crippen molar-refractivity contribution >= 4 is 0 Å². The molecule has 0 amide bonds. The first kappa shape index (κ1) is 19.8. The third-order valence-corrected chi connectivity index (χ3v) is 10.5. The molecule has 5 fully saturated rings. The van der Waals surface area contributed by atoms with E-state index in [2.05, 4.69) is 34.6 Å². The Morgan fingerprint density at radius 1 is 0.821 bits per heavy atom. The summed E-state index contributed by atoms with van der Waals surface area (Å²) in [5.41, 5.74) is 0.660. The monoisotopic (exact) mass is 390 g/mol. The summed E-state index contributed by atoms with van der Waals surface area (Å²) in [6, 6.07) is 0. The van der Waals surface area contributed by atoms with Gasteiger partial charge in [0.1, 0.15) is 0 Å². The van der Waals surface area contributed by atoms with Crippen LogP contribution >= 0.6 is 0 Å². The van der Waals surface area contributed by atoms with Crippen LogP contribution in [0.25, 0.3) is 0 Å². The Morgan fingerprint density at radius 2 is 1.46 bits per heavy atom. The van der Waals surface area contributed by atoms with E-state index in [9.17, 15) is 5.11 Å². The number of hydrogen-bond donors (Lipinski definition) is 1. The number of fused-ring (bicyclic) bond motifs is 8. The molecule has 5 rings (SSSR count). The van der Waals surface area contributed by atoms with Crippen LogP contribution in [0.2, 0.25) is 0 Å². The van der Waals surface area contributed by atoms with Crippen LogP contribution in [0.4, 0.5) is 0 Å². The minimum absolute atomic E-state index is 0.193. The van der Waals surface area contributed by atoms with E-state index in [-0.39, 0.29) is 23.7 Å². The van der Waals surface area contributed by atoms with Gasteiger partial charge in [0.2, 0.25) is 0 Å². The Bertz CT molecular complexity index is 629. The minimum atomic E-state index is -0.456. The summed E-state index contributed by atoms with van der Waals surface area (Å²) in [6.45, 7) is 13.8. The molecule has 1 N–H and O–H groups in total. The molecule has 0 spiro atoms. The van der Waals surface area contributed by atoms with Crippen LogP contribution in [-0.2, 0) is 9.47 Å². The van der Waals surface area contributed by atoms with Crippen molar-refractivity contribution in [1.82, 2.24) is 0 Å². The van der Waals surface area contributed by atoms with Crippen molar-refractivity contribution in [2.45, 2.75) is 111 Å². The lowest BCUT2D eigenvalue weighted by Crippen LogP contribution is -2.63. The SMILES string of the molecule is CC(O)[C@H]1CC[C@H]2[C@@H]3[C@H]4OC(C)(C)O[C@@H]4[C@H]4C[C@@H](C)CC[C@]4(C)[C@H]3CC[C@]12C. The second-order valence-electron chi connectivity index (χ2n) is 12.3. The highest BCUT2D eigenvalue weighted by Gasteiger charge is 2.68. The second-order valence-corrected chi connectivity index (χ2v) is 12.3. The molecule has 0 bridgehead atoms. The summed E-state index contributed by atoms with van der Waals surface area (Å²) in [4.78, 5) is 0. The number of rotatable bonds is 1. The third kappa shape index (κ3) is 2.57. The maximum atomic E-state index is 10.5. The van der Waals surface area contributed by atoms with Crippen molar-refractivity contribution in [1.29, 1.82) is 0 Å². The van der Waals surface area contributed by atoms with E-state index in [4.69, 9.17) is 9.47 Å². The molecule has 4 saturated carbocycles. The highest BCUT2D eigenvalue weighted by molar-refractivity contribution is 5.15. The molecule has 1 aliphatic heterocycles. The quantitative estimate of drug-likeness (QED) is 0.651. The normalized spacial score (nSPS) is 58.4. The lowest BCUT2D eigenvalue weighted by Gasteiger charge is -2.63. The Balaban J connectivity index is 1.56. The van der Waals surface area contributed by atoms with Gasteiger partial charge in [-0.05, 0) is 106 Å². The molecule has 4 aliphatic carbocycles. The average Bonchev–Trinajstić information content (AvgIpc) is 3.12. The molecule has 0 aromatic rings. The summed E-state index contributed by atoms with van der Waals surface area (Å²) in [5.74, 6) is 3.47. The molecule has 0 aromatic heterocycles. The summed E-state index contributed by atoms with van der Waals surface area (Å²) in [6.07, 6.45) is 9.39. The first-order valence-corrected chi connectivity index (χ1v) is 12.1. The third-order valence-electron chi connectivity index (χ3n) is 10.5. The zero-order valence-corrected chi connectivity index (χ0v) is 18.9. The van der Waals surface area contributed by atoms with Gasteiger partial charge in [0.25, 0.3) is 0 Å². The first-order valence-electron chi connectivity index (χ1n) is 12.1. The van der Waals surface area contributed by atoms with E-state index in [0.717, 1.165) is 11.8 Å². The van der Waals surface area contributed by atoms with Crippen LogP contribution in [0.5, 0.6) is 0 Å². The van der Waals surface area contributed by atoms with Crippen LogP contribution in [0, 0.1) is 46.3 Å². The van der Waals surface area contributed by atoms with Crippen molar-refractivity contribution in [3.05, 3.63) is 0 Å². The molecule has 28 heavy (non-hydrogen) atoms. The second kappa shape index (κ2) is 6.20. The smallest absolute Gasteiger partial charge is 0.163 e. The Morgan fingerprint density at radius 3 is 2.18 bits per heavy atom. The Labute approximate surface area is 171 Å². The highest BCUT2D eigenvalue weighted by Crippen LogP contribution is 2.70. The number of aliphatic hydroxyl groups is 1. The predicted molar refractivity (Wildman–Crippen MR) is 111 cm³/mol. The van der Waals surface area contributed by atoms with E-state index >= 15 is 0 Å². The first-order chi connectivity index (χ1) is 13.1. The van der Waals surface area contributed by atoms with Gasteiger partial charge in [-0.15, -0.1) is 0 Å². The van der Waals surface area contributed by atoms with Gasteiger partial charge in [-0.3, -0.25) is 0 Å². The van der Waals surface area contributed by atoms with E-state index < -0.39 is 5.79 Å².